The molecule has 2 atom stereocenters. The van der Waals surface area contributed by atoms with Crippen molar-refractivity contribution in [3.63, 3.8) is 0 Å². The third-order valence-electron chi connectivity index (χ3n) is 2.78. The smallest absolute Gasteiger partial charge is 0.244 e. The topological polar surface area (TPSA) is 90.7 Å². The van der Waals surface area contributed by atoms with Crippen LogP contribution in [0.2, 0.25) is 0 Å². The molecule has 1 aromatic heterocycles. The Bertz CT molecular complexity index is 476. The van der Waals surface area contributed by atoms with Gasteiger partial charge in [-0.25, -0.2) is 8.42 Å². The number of rotatable bonds is 2. The lowest BCUT2D eigenvalue weighted by molar-refractivity contribution is -0.0191. The fraction of sp³-hybridized carbons (Fsp3) is 0.500. The highest BCUT2D eigenvalue weighted by Gasteiger charge is 2.33. The maximum atomic E-state index is 12.1. The second-order valence-electron chi connectivity index (χ2n) is 3.98. The van der Waals surface area contributed by atoms with E-state index < -0.39 is 22.2 Å². The summed E-state index contributed by atoms with van der Waals surface area (Å²) in [5.74, 6) is 0. The summed E-state index contributed by atoms with van der Waals surface area (Å²) in [5, 5.41) is 18.8. The molecule has 1 aromatic rings. The maximum absolute atomic E-state index is 12.1. The minimum Gasteiger partial charge on any atom is -0.390 e. The Morgan fingerprint density at radius 2 is 2.12 bits per heavy atom. The van der Waals surface area contributed by atoms with E-state index in [9.17, 15) is 18.6 Å². The number of hydrogen-bond acceptors (Lipinski definition) is 5. The third kappa shape index (κ3) is 2.47. The van der Waals surface area contributed by atoms with E-state index in [4.69, 9.17) is 0 Å². The molecule has 2 N–H and O–H groups in total. The van der Waals surface area contributed by atoms with E-state index in [1.807, 2.05) is 0 Å². The highest BCUT2D eigenvalue weighted by molar-refractivity contribution is 7.89. The average Bonchev–Trinajstić information content (AvgIpc) is 2.33. The molecule has 1 aliphatic rings. The Labute approximate surface area is 99.6 Å². The van der Waals surface area contributed by atoms with Gasteiger partial charge < -0.3 is 10.2 Å². The summed E-state index contributed by atoms with van der Waals surface area (Å²) in [4.78, 5) is 3.86. The van der Waals surface area contributed by atoms with Crippen LogP contribution in [0.4, 0.5) is 0 Å². The zero-order valence-corrected chi connectivity index (χ0v) is 9.92. The molecule has 6 nitrogen and oxygen atoms in total. The van der Waals surface area contributed by atoms with Gasteiger partial charge in [-0.15, -0.1) is 0 Å². The van der Waals surface area contributed by atoms with Gasteiger partial charge in [0.15, 0.2) is 0 Å². The summed E-state index contributed by atoms with van der Waals surface area (Å²) in [6.45, 7) is 0.119. The largest absolute Gasteiger partial charge is 0.390 e. The monoisotopic (exact) mass is 258 g/mol. The number of hydrogen-bond donors (Lipinski definition) is 2. The van der Waals surface area contributed by atoms with Crippen LogP contribution >= 0.6 is 0 Å². The van der Waals surface area contributed by atoms with Gasteiger partial charge in [0.25, 0.3) is 0 Å². The first-order valence-corrected chi connectivity index (χ1v) is 6.72. The number of pyridine rings is 1. The van der Waals surface area contributed by atoms with Gasteiger partial charge in [-0.1, -0.05) is 0 Å². The molecule has 94 valence electrons. The molecule has 0 aliphatic carbocycles. The SMILES string of the molecule is O=S(=O)(c1cccnc1)N1CC[C@H](O)[C@@H](O)C1. The van der Waals surface area contributed by atoms with Crippen LogP contribution in [-0.4, -0.2) is 53.2 Å². The third-order valence-corrected chi connectivity index (χ3v) is 4.63. The summed E-state index contributed by atoms with van der Waals surface area (Å²) < 4.78 is 25.4. The Balaban J connectivity index is 2.23. The first kappa shape index (κ1) is 12.4. The van der Waals surface area contributed by atoms with E-state index in [2.05, 4.69) is 4.98 Å². The van der Waals surface area contributed by atoms with Gasteiger partial charge >= 0.3 is 0 Å². The van der Waals surface area contributed by atoms with Crippen LogP contribution in [0.5, 0.6) is 0 Å². The van der Waals surface area contributed by atoms with E-state index in [1.54, 1.807) is 6.07 Å². The maximum Gasteiger partial charge on any atom is 0.244 e. The number of piperidine rings is 1. The Morgan fingerprint density at radius 3 is 2.71 bits per heavy atom. The second kappa shape index (κ2) is 4.69. The summed E-state index contributed by atoms with van der Waals surface area (Å²) in [7, 11) is -3.62. The molecule has 0 amide bonds. The summed E-state index contributed by atoms with van der Waals surface area (Å²) in [5.41, 5.74) is 0. The summed E-state index contributed by atoms with van der Waals surface area (Å²) in [6, 6.07) is 3.00. The van der Waals surface area contributed by atoms with Crippen molar-refractivity contribution in [2.24, 2.45) is 0 Å². The fourth-order valence-corrected chi connectivity index (χ4v) is 3.19. The van der Waals surface area contributed by atoms with Crippen molar-refractivity contribution < 1.29 is 18.6 Å². The number of aliphatic hydroxyl groups is 2. The highest BCUT2D eigenvalue weighted by Crippen LogP contribution is 2.20. The molecular weight excluding hydrogens is 244 g/mol. The van der Waals surface area contributed by atoms with Crippen molar-refractivity contribution in [3.05, 3.63) is 24.5 Å². The van der Waals surface area contributed by atoms with Crippen LogP contribution < -0.4 is 0 Å². The lowest BCUT2D eigenvalue weighted by Crippen LogP contribution is -2.48. The van der Waals surface area contributed by atoms with Gasteiger partial charge in [-0.2, -0.15) is 4.31 Å². The predicted molar refractivity (Wildman–Crippen MR) is 59.6 cm³/mol. The van der Waals surface area contributed by atoms with Crippen molar-refractivity contribution in [2.75, 3.05) is 13.1 Å². The Morgan fingerprint density at radius 1 is 1.35 bits per heavy atom. The molecule has 0 saturated carbocycles. The lowest BCUT2D eigenvalue weighted by atomic mass is 10.1. The second-order valence-corrected chi connectivity index (χ2v) is 5.91. The summed E-state index contributed by atoms with van der Waals surface area (Å²) >= 11 is 0. The zero-order chi connectivity index (χ0) is 12.5. The predicted octanol–water partition coefficient (Wildman–Crippen LogP) is -0.802. The lowest BCUT2D eigenvalue weighted by Gasteiger charge is -2.32. The van der Waals surface area contributed by atoms with Crippen molar-refractivity contribution in [1.82, 2.24) is 9.29 Å². The van der Waals surface area contributed by atoms with Crippen LogP contribution in [-0.2, 0) is 10.0 Å². The number of aromatic nitrogens is 1. The fourth-order valence-electron chi connectivity index (χ4n) is 1.76. The van der Waals surface area contributed by atoms with E-state index in [0.717, 1.165) is 0 Å². The molecule has 2 rings (SSSR count). The van der Waals surface area contributed by atoms with Crippen molar-refractivity contribution in [2.45, 2.75) is 23.5 Å². The molecule has 0 radical (unpaired) electrons. The Kier molecular flexibility index (Phi) is 3.43. The van der Waals surface area contributed by atoms with Crippen LogP contribution in [0.3, 0.4) is 0 Å². The molecule has 0 spiro atoms. The first-order valence-electron chi connectivity index (χ1n) is 5.28. The number of sulfonamides is 1. The minimum absolute atomic E-state index is 0.0849. The molecule has 0 bridgehead atoms. The van der Waals surface area contributed by atoms with E-state index in [-0.39, 0.29) is 24.4 Å². The number of nitrogens with zero attached hydrogens (tertiary/aromatic N) is 2. The van der Waals surface area contributed by atoms with E-state index >= 15 is 0 Å². The van der Waals surface area contributed by atoms with Crippen molar-refractivity contribution in [1.29, 1.82) is 0 Å². The Hall–Kier alpha value is -1.02. The molecule has 1 aliphatic heterocycles. The number of β-amino-alcohol motifs (C(OH)–C–C–N with tert-alkyl or cyclic N) is 1. The molecule has 1 fully saturated rings. The van der Waals surface area contributed by atoms with Crippen LogP contribution in [0.25, 0.3) is 0 Å². The van der Waals surface area contributed by atoms with Crippen molar-refractivity contribution in [3.8, 4) is 0 Å². The van der Waals surface area contributed by atoms with Crippen LogP contribution in [0, 0.1) is 0 Å². The van der Waals surface area contributed by atoms with Gasteiger partial charge in [0.1, 0.15) is 4.90 Å². The molecular formula is C10H14N2O4S. The number of aliphatic hydroxyl groups excluding tert-OH is 2. The summed E-state index contributed by atoms with van der Waals surface area (Å²) in [6.07, 6.45) is 1.12. The molecule has 1 saturated heterocycles. The van der Waals surface area contributed by atoms with E-state index in [0.29, 0.717) is 0 Å². The molecule has 0 unspecified atom stereocenters. The molecule has 2 heterocycles. The highest BCUT2D eigenvalue weighted by atomic mass is 32.2. The first-order chi connectivity index (χ1) is 8.01. The van der Waals surface area contributed by atoms with Gasteiger partial charge in [0.2, 0.25) is 10.0 Å². The quantitative estimate of drug-likeness (QED) is 0.724. The zero-order valence-electron chi connectivity index (χ0n) is 9.10. The molecule has 0 aromatic carbocycles. The molecule has 7 heteroatoms. The van der Waals surface area contributed by atoms with E-state index in [1.165, 1.54) is 22.8 Å². The standard InChI is InChI=1S/C10H14N2O4S/c13-9-3-5-12(7-10(9)14)17(15,16)8-2-1-4-11-6-8/h1-2,4,6,9-10,13-14H,3,5,7H2/t9-,10-/m0/s1. The van der Waals surface area contributed by atoms with Gasteiger partial charge in [-0.05, 0) is 18.6 Å². The average molecular weight is 258 g/mol. The normalized spacial score (nSPS) is 26.9. The molecule has 17 heavy (non-hydrogen) atoms. The minimum atomic E-state index is -3.62. The van der Waals surface area contributed by atoms with Crippen molar-refractivity contribution >= 4 is 10.0 Å². The van der Waals surface area contributed by atoms with Gasteiger partial charge in [-0.3, -0.25) is 4.98 Å². The van der Waals surface area contributed by atoms with Gasteiger partial charge in [0, 0.05) is 25.5 Å². The van der Waals surface area contributed by atoms with Crippen LogP contribution in [0.15, 0.2) is 29.4 Å². The van der Waals surface area contributed by atoms with Gasteiger partial charge in [0.05, 0.1) is 12.2 Å². The van der Waals surface area contributed by atoms with Crippen LogP contribution in [0.1, 0.15) is 6.42 Å².